The van der Waals surface area contributed by atoms with Gasteiger partial charge in [-0.25, -0.2) is 0 Å². The number of aromatic nitrogens is 3. The second-order valence-corrected chi connectivity index (χ2v) is 2.74. The van der Waals surface area contributed by atoms with Gasteiger partial charge in [-0.2, -0.15) is 10.4 Å². The van der Waals surface area contributed by atoms with Gasteiger partial charge >= 0.3 is 0 Å². The second kappa shape index (κ2) is 4.19. The lowest BCUT2D eigenvalue weighted by Gasteiger charge is -2.02. The first kappa shape index (κ1) is 9.15. The van der Waals surface area contributed by atoms with E-state index in [0.29, 0.717) is 23.7 Å². The van der Waals surface area contributed by atoms with Crippen molar-refractivity contribution in [3.05, 3.63) is 35.9 Å². The minimum atomic E-state index is 0.424. The van der Waals surface area contributed by atoms with Gasteiger partial charge in [-0.15, -0.1) is 5.10 Å². The highest BCUT2D eigenvalue weighted by Crippen LogP contribution is 2.09. The van der Waals surface area contributed by atoms with Gasteiger partial charge in [0.2, 0.25) is 0 Å². The molecule has 0 bridgehead atoms. The van der Waals surface area contributed by atoms with Crippen LogP contribution in [0.3, 0.4) is 0 Å². The predicted octanol–water partition coefficient (Wildman–Crippen LogP) is 0.948. The average molecular weight is 201 g/mol. The first-order chi connectivity index (χ1) is 7.40. The molecule has 0 radical (unpaired) electrons. The minimum absolute atomic E-state index is 0.424. The number of nitrogens with zero attached hydrogens (tertiary/aromatic N) is 4. The Morgan fingerprint density at radius 3 is 3.07 bits per heavy atom. The summed E-state index contributed by atoms with van der Waals surface area (Å²) < 4.78 is 4.89. The summed E-state index contributed by atoms with van der Waals surface area (Å²) in [6.45, 7) is 0.424. The molecule has 6 heteroatoms. The molecule has 0 aliphatic heterocycles. The van der Waals surface area contributed by atoms with Gasteiger partial charge < -0.3 is 9.84 Å². The molecule has 6 nitrogen and oxygen atoms in total. The molecule has 0 aliphatic carbocycles. The van der Waals surface area contributed by atoms with Crippen molar-refractivity contribution in [2.24, 2.45) is 0 Å². The van der Waals surface area contributed by atoms with Gasteiger partial charge in [-0.3, -0.25) is 0 Å². The summed E-state index contributed by atoms with van der Waals surface area (Å²) in [6.07, 6.45) is 3.02. The fourth-order valence-electron chi connectivity index (χ4n) is 1.06. The van der Waals surface area contributed by atoms with Gasteiger partial charge in [0.25, 0.3) is 0 Å². The van der Waals surface area contributed by atoms with Crippen LogP contribution in [-0.4, -0.2) is 15.4 Å². The standard InChI is InChI=1S/C9H7N5O/c10-5-7-1-3-12-14-9(7)11-6-8-2-4-13-15-8/h1-4H,6H2,(H,11,14). The maximum Gasteiger partial charge on any atom is 0.167 e. The summed E-state index contributed by atoms with van der Waals surface area (Å²) in [6, 6.07) is 5.34. The van der Waals surface area contributed by atoms with Crippen molar-refractivity contribution in [3.63, 3.8) is 0 Å². The highest BCUT2D eigenvalue weighted by Gasteiger charge is 2.03. The molecule has 0 unspecified atom stereocenters. The first-order valence-electron chi connectivity index (χ1n) is 4.25. The van der Waals surface area contributed by atoms with Crippen LogP contribution >= 0.6 is 0 Å². The lowest BCUT2D eigenvalue weighted by Crippen LogP contribution is -2.03. The van der Waals surface area contributed by atoms with E-state index < -0.39 is 0 Å². The number of hydrogen-bond acceptors (Lipinski definition) is 6. The van der Waals surface area contributed by atoms with Gasteiger partial charge in [-0.1, -0.05) is 5.16 Å². The quantitative estimate of drug-likeness (QED) is 0.795. The molecule has 0 amide bonds. The van der Waals surface area contributed by atoms with Crippen LogP contribution in [0.15, 0.2) is 29.0 Å². The minimum Gasteiger partial charge on any atom is -0.360 e. The van der Waals surface area contributed by atoms with Gasteiger partial charge in [0.05, 0.1) is 24.5 Å². The molecule has 0 aliphatic rings. The lowest BCUT2D eigenvalue weighted by molar-refractivity contribution is 0.388. The first-order valence-corrected chi connectivity index (χ1v) is 4.25. The Balaban J connectivity index is 2.08. The molecule has 0 fully saturated rings. The van der Waals surface area contributed by atoms with E-state index in [0.717, 1.165) is 0 Å². The third-order valence-corrected chi connectivity index (χ3v) is 1.76. The number of anilines is 1. The predicted molar refractivity (Wildman–Crippen MR) is 50.6 cm³/mol. The van der Waals surface area contributed by atoms with Gasteiger partial charge in [0.1, 0.15) is 6.07 Å². The van der Waals surface area contributed by atoms with Gasteiger partial charge in [-0.05, 0) is 6.07 Å². The van der Waals surface area contributed by atoms with E-state index in [1.807, 2.05) is 6.07 Å². The summed E-state index contributed by atoms with van der Waals surface area (Å²) >= 11 is 0. The molecular formula is C9H7N5O. The Hall–Kier alpha value is -2.42. The fourth-order valence-corrected chi connectivity index (χ4v) is 1.06. The van der Waals surface area contributed by atoms with E-state index in [1.165, 1.54) is 6.20 Å². The van der Waals surface area contributed by atoms with E-state index in [4.69, 9.17) is 9.78 Å². The van der Waals surface area contributed by atoms with E-state index in [1.54, 1.807) is 18.3 Å². The Morgan fingerprint density at radius 2 is 2.33 bits per heavy atom. The second-order valence-electron chi connectivity index (χ2n) is 2.74. The molecule has 1 N–H and O–H groups in total. The summed E-state index contributed by atoms with van der Waals surface area (Å²) in [5.41, 5.74) is 0.449. The van der Waals surface area contributed by atoms with Crippen molar-refractivity contribution in [3.8, 4) is 6.07 Å². The molecule has 2 heterocycles. The highest BCUT2D eigenvalue weighted by molar-refractivity contribution is 5.50. The molecule has 15 heavy (non-hydrogen) atoms. The molecular weight excluding hydrogens is 194 g/mol. The van der Waals surface area contributed by atoms with Crippen LogP contribution in [0.25, 0.3) is 0 Å². The topological polar surface area (TPSA) is 87.6 Å². The summed E-state index contributed by atoms with van der Waals surface area (Å²) in [4.78, 5) is 0. The molecule has 2 aromatic rings. The van der Waals surface area contributed by atoms with E-state index in [9.17, 15) is 0 Å². The van der Waals surface area contributed by atoms with Crippen LogP contribution in [0.1, 0.15) is 11.3 Å². The van der Waals surface area contributed by atoms with Crippen LogP contribution in [0.2, 0.25) is 0 Å². The largest absolute Gasteiger partial charge is 0.360 e. The summed E-state index contributed by atoms with van der Waals surface area (Å²) in [7, 11) is 0. The van der Waals surface area contributed by atoms with E-state index in [2.05, 4.69) is 20.7 Å². The monoisotopic (exact) mass is 201 g/mol. The Labute approximate surface area is 85.5 Å². The Kier molecular flexibility index (Phi) is 2.56. The fraction of sp³-hybridized carbons (Fsp3) is 0.111. The van der Waals surface area contributed by atoms with E-state index in [-0.39, 0.29) is 0 Å². The lowest BCUT2D eigenvalue weighted by atomic mass is 10.3. The molecule has 2 rings (SSSR count). The smallest absolute Gasteiger partial charge is 0.167 e. The van der Waals surface area contributed by atoms with Crippen LogP contribution in [0.5, 0.6) is 0 Å². The zero-order valence-corrected chi connectivity index (χ0v) is 7.71. The molecule has 0 atom stereocenters. The third kappa shape index (κ3) is 2.08. The third-order valence-electron chi connectivity index (χ3n) is 1.76. The van der Waals surface area contributed by atoms with Crippen molar-refractivity contribution in [1.82, 2.24) is 15.4 Å². The molecule has 2 aromatic heterocycles. The molecule has 0 saturated heterocycles. The van der Waals surface area contributed by atoms with Crippen molar-refractivity contribution >= 4 is 5.82 Å². The SMILES string of the molecule is N#Cc1ccnnc1NCc1ccno1. The Morgan fingerprint density at radius 1 is 1.40 bits per heavy atom. The van der Waals surface area contributed by atoms with Crippen LogP contribution in [0.4, 0.5) is 5.82 Å². The van der Waals surface area contributed by atoms with Crippen molar-refractivity contribution in [1.29, 1.82) is 5.26 Å². The maximum absolute atomic E-state index is 8.78. The normalized spacial score (nSPS) is 9.53. The number of rotatable bonds is 3. The molecule has 74 valence electrons. The van der Waals surface area contributed by atoms with Gasteiger partial charge in [0.15, 0.2) is 11.6 Å². The maximum atomic E-state index is 8.78. The zero-order valence-electron chi connectivity index (χ0n) is 7.71. The van der Waals surface area contributed by atoms with Crippen molar-refractivity contribution in [2.75, 3.05) is 5.32 Å². The number of nitriles is 1. The summed E-state index contributed by atoms with van der Waals surface area (Å²) in [5, 5.41) is 22.8. The van der Waals surface area contributed by atoms with Crippen LogP contribution in [0, 0.1) is 11.3 Å². The zero-order chi connectivity index (χ0) is 10.5. The van der Waals surface area contributed by atoms with E-state index >= 15 is 0 Å². The average Bonchev–Trinajstić information content (AvgIpc) is 2.79. The number of nitrogens with one attached hydrogen (secondary N) is 1. The number of hydrogen-bond donors (Lipinski definition) is 1. The van der Waals surface area contributed by atoms with Crippen molar-refractivity contribution in [2.45, 2.75) is 6.54 Å². The Bertz CT molecular complexity index is 473. The van der Waals surface area contributed by atoms with Crippen LogP contribution in [-0.2, 0) is 6.54 Å². The molecule has 0 saturated carbocycles. The highest BCUT2D eigenvalue weighted by atomic mass is 16.5. The van der Waals surface area contributed by atoms with Crippen molar-refractivity contribution < 1.29 is 4.52 Å². The molecule has 0 aromatic carbocycles. The van der Waals surface area contributed by atoms with Gasteiger partial charge in [0, 0.05) is 6.07 Å². The molecule has 0 spiro atoms. The van der Waals surface area contributed by atoms with Crippen LogP contribution < -0.4 is 5.32 Å². The summed E-state index contributed by atoms with van der Waals surface area (Å²) in [5.74, 6) is 1.11.